The third kappa shape index (κ3) is 1.92. The van der Waals surface area contributed by atoms with Crippen LogP contribution in [0.1, 0.15) is 52.4 Å². The maximum Gasteiger partial charge on any atom is 0.158 e. The van der Waals surface area contributed by atoms with Crippen LogP contribution < -0.4 is 0 Å². The summed E-state index contributed by atoms with van der Waals surface area (Å²) in [5.74, 6) is 2.59. The molecule has 0 aromatic carbocycles. The van der Waals surface area contributed by atoms with Crippen molar-refractivity contribution in [3.8, 4) is 0 Å². The number of rotatable bonds is 4. The number of aliphatic hydroxyl groups excluding tert-OH is 1. The molecule has 17 heavy (non-hydrogen) atoms. The maximum absolute atomic E-state index is 9.25. The highest BCUT2D eigenvalue weighted by atomic mass is 16.7. The van der Waals surface area contributed by atoms with Crippen LogP contribution in [0.15, 0.2) is 0 Å². The van der Waals surface area contributed by atoms with Gasteiger partial charge in [-0.25, -0.2) is 0 Å². The van der Waals surface area contributed by atoms with E-state index < -0.39 is 6.29 Å². The van der Waals surface area contributed by atoms with E-state index in [0.717, 1.165) is 17.8 Å². The molecule has 1 N–H and O–H groups in total. The van der Waals surface area contributed by atoms with Crippen molar-refractivity contribution in [2.75, 3.05) is 0 Å². The second kappa shape index (κ2) is 4.22. The molecule has 3 heteroatoms. The van der Waals surface area contributed by atoms with Gasteiger partial charge in [-0.3, -0.25) is 0 Å². The zero-order valence-electron chi connectivity index (χ0n) is 10.9. The van der Waals surface area contributed by atoms with Gasteiger partial charge in [0.2, 0.25) is 0 Å². The summed E-state index contributed by atoms with van der Waals surface area (Å²) in [6.07, 6.45) is 6.87. The molecular formula is C14H24O3. The first-order chi connectivity index (χ1) is 8.11. The monoisotopic (exact) mass is 240 g/mol. The van der Waals surface area contributed by atoms with Crippen LogP contribution in [0, 0.1) is 17.8 Å². The summed E-state index contributed by atoms with van der Waals surface area (Å²) >= 11 is 0. The van der Waals surface area contributed by atoms with Gasteiger partial charge in [0.15, 0.2) is 12.6 Å². The number of fused-ring (bicyclic) bond motifs is 5. The predicted octanol–water partition coefficient (Wildman–Crippen LogP) is 2.67. The van der Waals surface area contributed by atoms with Gasteiger partial charge in [0.1, 0.15) is 0 Å². The van der Waals surface area contributed by atoms with E-state index >= 15 is 0 Å². The Morgan fingerprint density at radius 2 is 2.06 bits per heavy atom. The van der Waals surface area contributed by atoms with Crippen LogP contribution >= 0.6 is 0 Å². The summed E-state index contributed by atoms with van der Waals surface area (Å²) in [7, 11) is 0. The van der Waals surface area contributed by atoms with Crippen LogP contribution in [0.4, 0.5) is 0 Å². The molecule has 0 aromatic rings. The van der Waals surface area contributed by atoms with E-state index in [2.05, 4.69) is 0 Å². The molecule has 3 aliphatic carbocycles. The summed E-state index contributed by atoms with van der Waals surface area (Å²) < 4.78 is 11.6. The van der Waals surface area contributed by atoms with Crippen molar-refractivity contribution in [3.05, 3.63) is 0 Å². The first-order valence-corrected chi connectivity index (χ1v) is 7.12. The second-order valence-corrected chi connectivity index (χ2v) is 6.19. The molecule has 6 atom stereocenters. The minimum atomic E-state index is -0.737. The number of aliphatic hydroxyl groups is 1. The van der Waals surface area contributed by atoms with E-state index in [1.165, 1.54) is 38.5 Å². The van der Waals surface area contributed by atoms with Gasteiger partial charge in [-0.05, 0) is 63.7 Å². The van der Waals surface area contributed by atoms with E-state index in [1.807, 2.05) is 6.92 Å². The molecule has 0 radical (unpaired) electrons. The van der Waals surface area contributed by atoms with Crippen LogP contribution in [0.2, 0.25) is 0 Å². The van der Waals surface area contributed by atoms with Crippen molar-refractivity contribution in [2.45, 2.75) is 70.6 Å². The molecule has 0 heterocycles. The third-order valence-corrected chi connectivity index (χ3v) is 5.19. The van der Waals surface area contributed by atoms with Gasteiger partial charge in [0.05, 0.1) is 5.60 Å². The quantitative estimate of drug-likeness (QED) is 0.768. The second-order valence-electron chi connectivity index (χ2n) is 6.19. The Morgan fingerprint density at radius 1 is 1.24 bits per heavy atom. The Balaban J connectivity index is 1.69. The lowest BCUT2D eigenvalue weighted by molar-refractivity contribution is -0.262. The van der Waals surface area contributed by atoms with Crippen LogP contribution in [0.25, 0.3) is 0 Å². The molecular weight excluding hydrogens is 216 g/mol. The molecule has 0 aromatic heterocycles. The summed E-state index contributed by atoms with van der Waals surface area (Å²) in [5.41, 5.74) is 0.0835. The van der Waals surface area contributed by atoms with E-state index in [9.17, 15) is 5.11 Å². The average Bonchev–Trinajstić information content (AvgIpc) is 2.84. The summed E-state index contributed by atoms with van der Waals surface area (Å²) in [6.45, 7) is 3.55. The molecule has 2 bridgehead atoms. The van der Waals surface area contributed by atoms with E-state index in [4.69, 9.17) is 9.47 Å². The zero-order valence-corrected chi connectivity index (χ0v) is 10.9. The number of hydrogen-bond acceptors (Lipinski definition) is 3. The molecule has 0 spiro atoms. The first-order valence-electron chi connectivity index (χ1n) is 7.12. The lowest BCUT2D eigenvalue weighted by atomic mass is 9.79. The van der Waals surface area contributed by atoms with Crippen molar-refractivity contribution in [2.24, 2.45) is 17.8 Å². The van der Waals surface area contributed by atoms with Gasteiger partial charge >= 0.3 is 0 Å². The van der Waals surface area contributed by atoms with Gasteiger partial charge in [-0.2, -0.15) is 0 Å². The largest absolute Gasteiger partial charge is 0.368 e. The van der Waals surface area contributed by atoms with Gasteiger partial charge in [0, 0.05) is 0 Å². The van der Waals surface area contributed by atoms with E-state index in [-0.39, 0.29) is 11.9 Å². The number of ether oxygens (including phenoxy) is 2. The summed E-state index contributed by atoms with van der Waals surface area (Å²) in [5, 5.41) is 9.25. The maximum atomic E-state index is 9.25. The molecule has 3 aliphatic rings. The molecule has 0 aliphatic heterocycles. The first kappa shape index (κ1) is 11.9. The van der Waals surface area contributed by atoms with Gasteiger partial charge in [0.25, 0.3) is 0 Å². The third-order valence-electron chi connectivity index (χ3n) is 5.19. The lowest BCUT2D eigenvalue weighted by Crippen LogP contribution is -2.41. The Kier molecular flexibility index (Phi) is 2.96. The van der Waals surface area contributed by atoms with Gasteiger partial charge < -0.3 is 14.6 Å². The van der Waals surface area contributed by atoms with Crippen molar-refractivity contribution >= 4 is 0 Å². The summed E-state index contributed by atoms with van der Waals surface area (Å²) in [6, 6.07) is 0. The van der Waals surface area contributed by atoms with E-state index in [1.54, 1.807) is 6.92 Å². The highest BCUT2D eigenvalue weighted by molar-refractivity contribution is 5.10. The number of hydrogen-bond donors (Lipinski definition) is 1. The Labute approximate surface area is 103 Å². The fraction of sp³-hybridized carbons (Fsp3) is 1.00. The Bertz CT molecular complexity index is 291. The molecule has 0 saturated heterocycles. The normalized spacial score (nSPS) is 47.1. The van der Waals surface area contributed by atoms with Crippen LogP contribution in [-0.4, -0.2) is 23.3 Å². The van der Waals surface area contributed by atoms with Crippen LogP contribution in [-0.2, 0) is 9.47 Å². The van der Waals surface area contributed by atoms with Crippen molar-refractivity contribution in [1.82, 2.24) is 0 Å². The van der Waals surface area contributed by atoms with E-state index in [0.29, 0.717) is 0 Å². The van der Waals surface area contributed by atoms with Gasteiger partial charge in [-0.15, -0.1) is 0 Å². The zero-order chi connectivity index (χ0) is 12.0. The van der Waals surface area contributed by atoms with Crippen LogP contribution in [0.3, 0.4) is 0 Å². The molecule has 3 nitrogen and oxygen atoms in total. The fourth-order valence-corrected chi connectivity index (χ4v) is 4.82. The van der Waals surface area contributed by atoms with Crippen molar-refractivity contribution in [3.63, 3.8) is 0 Å². The standard InChI is InChI=1S/C14H24O3/c1-9(15)16-10(2)17-14-7-6-11(8-14)12-4-3-5-13(12)14/h9-13,15H,3-8H2,1-2H3. The average molecular weight is 240 g/mol. The molecule has 3 rings (SSSR count). The highest BCUT2D eigenvalue weighted by Gasteiger charge is 2.60. The molecule has 3 saturated carbocycles. The highest BCUT2D eigenvalue weighted by Crippen LogP contribution is 2.62. The summed E-state index contributed by atoms with van der Waals surface area (Å²) in [4.78, 5) is 0. The topological polar surface area (TPSA) is 38.7 Å². The minimum Gasteiger partial charge on any atom is -0.368 e. The van der Waals surface area contributed by atoms with Crippen molar-refractivity contribution in [1.29, 1.82) is 0 Å². The van der Waals surface area contributed by atoms with Gasteiger partial charge in [-0.1, -0.05) is 6.42 Å². The molecule has 3 fully saturated rings. The molecule has 0 amide bonds. The Hall–Kier alpha value is -0.120. The predicted molar refractivity (Wildman–Crippen MR) is 64.2 cm³/mol. The smallest absolute Gasteiger partial charge is 0.158 e. The minimum absolute atomic E-state index is 0.0835. The molecule has 6 unspecified atom stereocenters. The van der Waals surface area contributed by atoms with Crippen LogP contribution in [0.5, 0.6) is 0 Å². The SMILES string of the molecule is CC(O)OC(C)OC12CCC(C1)C1CCCC12. The van der Waals surface area contributed by atoms with Crippen molar-refractivity contribution < 1.29 is 14.6 Å². The fourth-order valence-electron chi connectivity index (χ4n) is 4.82. The molecule has 98 valence electrons. The Morgan fingerprint density at radius 3 is 2.82 bits per heavy atom. The lowest BCUT2D eigenvalue weighted by Gasteiger charge is -2.38.